The van der Waals surface area contributed by atoms with Crippen molar-refractivity contribution in [3.63, 3.8) is 0 Å². The molecule has 0 bridgehead atoms. The lowest BCUT2D eigenvalue weighted by Crippen LogP contribution is -2.52. The van der Waals surface area contributed by atoms with E-state index in [1.165, 1.54) is 5.57 Å². The van der Waals surface area contributed by atoms with Crippen LogP contribution in [-0.4, -0.2) is 54.9 Å². The fourth-order valence-electron chi connectivity index (χ4n) is 5.70. The predicted octanol–water partition coefficient (Wildman–Crippen LogP) is 9.72. The van der Waals surface area contributed by atoms with Crippen LogP contribution in [0.2, 0.25) is 18.1 Å². The van der Waals surface area contributed by atoms with Crippen molar-refractivity contribution in [2.24, 2.45) is 17.3 Å². The van der Waals surface area contributed by atoms with E-state index in [1.54, 1.807) is 6.20 Å². The van der Waals surface area contributed by atoms with E-state index < -0.39 is 31.5 Å². The number of carbonyl (C=O) groups excluding carboxylic acids is 1. The summed E-state index contributed by atoms with van der Waals surface area (Å²) in [5.41, 5.74) is 1.37. The summed E-state index contributed by atoms with van der Waals surface area (Å²) < 4.78 is 18.7. The molecule has 0 aromatic carbocycles. The van der Waals surface area contributed by atoms with Gasteiger partial charge in [-0.2, -0.15) is 0 Å². The van der Waals surface area contributed by atoms with Crippen molar-refractivity contribution in [3.8, 4) is 0 Å². The molecule has 1 unspecified atom stereocenters. The van der Waals surface area contributed by atoms with Gasteiger partial charge >= 0.3 is 0 Å². The lowest BCUT2D eigenvalue weighted by atomic mass is 9.71. The van der Waals surface area contributed by atoms with Gasteiger partial charge in [0.05, 0.1) is 36.0 Å². The van der Waals surface area contributed by atoms with Gasteiger partial charge in [0.1, 0.15) is 5.78 Å². The van der Waals surface area contributed by atoms with Crippen LogP contribution in [0.15, 0.2) is 41.1 Å². The highest BCUT2D eigenvalue weighted by Gasteiger charge is 2.46. The number of hydrogen-bond acceptors (Lipinski definition) is 6. The molecule has 1 N–H and O–H groups in total. The van der Waals surface area contributed by atoms with Crippen LogP contribution in [0.4, 0.5) is 0 Å². The Kier molecular flexibility index (Phi) is 14.7. The van der Waals surface area contributed by atoms with E-state index in [2.05, 4.69) is 58.8 Å². The van der Waals surface area contributed by atoms with E-state index in [1.807, 2.05) is 58.9 Å². The Bertz CT molecular complexity index is 1140. The molecular formula is C37H62ClNO5Si. The highest BCUT2D eigenvalue weighted by Crippen LogP contribution is 2.40. The Morgan fingerprint density at radius 2 is 1.91 bits per heavy atom. The van der Waals surface area contributed by atoms with Gasteiger partial charge in [0.2, 0.25) is 0 Å². The number of halogens is 1. The smallest absolute Gasteiger partial charge is 0.192 e. The first-order chi connectivity index (χ1) is 20.7. The Balaban J connectivity index is 2.04. The van der Waals surface area contributed by atoms with Gasteiger partial charge in [0, 0.05) is 17.1 Å². The molecule has 45 heavy (non-hydrogen) atoms. The molecule has 256 valence electrons. The average molecular weight is 664 g/mol. The molecule has 0 amide bonds. The molecule has 0 saturated carbocycles. The first-order valence-electron chi connectivity index (χ1n) is 16.9. The van der Waals surface area contributed by atoms with Crippen LogP contribution >= 0.6 is 11.6 Å². The zero-order valence-corrected chi connectivity index (χ0v) is 32.0. The summed E-state index contributed by atoms with van der Waals surface area (Å²) in [6.07, 6.45) is 9.36. The van der Waals surface area contributed by atoms with Gasteiger partial charge in [-0.05, 0) is 102 Å². The summed E-state index contributed by atoms with van der Waals surface area (Å²) in [6, 6.07) is 5.79. The van der Waals surface area contributed by atoms with Gasteiger partial charge in [0.25, 0.3) is 0 Å². The van der Waals surface area contributed by atoms with Gasteiger partial charge < -0.3 is 19.0 Å². The minimum atomic E-state index is -2.07. The number of rotatable bonds is 16. The number of pyridine rings is 1. The number of hydrogen-bond donors (Lipinski definition) is 1. The van der Waals surface area contributed by atoms with Crippen LogP contribution < -0.4 is 0 Å². The van der Waals surface area contributed by atoms with E-state index in [0.717, 1.165) is 25.0 Å². The lowest BCUT2D eigenvalue weighted by molar-refractivity contribution is -0.289. The molecular weight excluding hydrogens is 602 g/mol. The average Bonchev–Trinajstić information content (AvgIpc) is 2.94. The summed E-state index contributed by atoms with van der Waals surface area (Å²) in [5, 5.41) is 12.1. The van der Waals surface area contributed by atoms with Gasteiger partial charge in [-0.3, -0.25) is 9.78 Å². The van der Waals surface area contributed by atoms with Gasteiger partial charge in [-0.15, -0.1) is 0 Å². The molecule has 6 nitrogen and oxygen atoms in total. The minimum absolute atomic E-state index is 0.0000321. The molecule has 2 heterocycles. The van der Waals surface area contributed by atoms with Gasteiger partial charge in [-0.25, -0.2) is 0 Å². The first kappa shape index (κ1) is 39.8. The first-order valence-corrected chi connectivity index (χ1v) is 20.2. The van der Waals surface area contributed by atoms with Crippen molar-refractivity contribution in [1.82, 2.24) is 4.98 Å². The molecule has 1 aromatic rings. The van der Waals surface area contributed by atoms with E-state index in [0.29, 0.717) is 30.9 Å². The van der Waals surface area contributed by atoms with Gasteiger partial charge in [0.15, 0.2) is 14.1 Å². The molecule has 1 aliphatic heterocycles. The molecule has 1 aliphatic rings. The fourth-order valence-corrected chi connectivity index (χ4v) is 7.31. The predicted molar refractivity (Wildman–Crippen MR) is 190 cm³/mol. The molecule has 5 atom stereocenters. The van der Waals surface area contributed by atoms with Crippen LogP contribution in [-0.2, 0) is 18.7 Å². The van der Waals surface area contributed by atoms with E-state index in [4.69, 9.17) is 25.5 Å². The maximum Gasteiger partial charge on any atom is 0.192 e. The second kappa shape index (κ2) is 16.7. The van der Waals surface area contributed by atoms with Crippen LogP contribution in [0.3, 0.4) is 0 Å². The third-order valence-electron chi connectivity index (χ3n) is 9.90. The summed E-state index contributed by atoms with van der Waals surface area (Å²) >= 11 is 6.89. The third-order valence-corrected chi connectivity index (χ3v) is 14.7. The molecule has 0 aliphatic carbocycles. The van der Waals surface area contributed by atoms with Crippen LogP contribution in [0.1, 0.15) is 113 Å². The molecule has 2 rings (SSSR count). The van der Waals surface area contributed by atoms with Crippen molar-refractivity contribution < 1.29 is 23.8 Å². The highest BCUT2D eigenvalue weighted by atomic mass is 35.5. The van der Waals surface area contributed by atoms with Crippen molar-refractivity contribution in [3.05, 3.63) is 46.8 Å². The minimum Gasteiger partial charge on any atom is -0.409 e. The monoisotopic (exact) mass is 663 g/mol. The van der Waals surface area contributed by atoms with Crippen LogP contribution in [0, 0.1) is 17.3 Å². The number of ether oxygens (including phenoxy) is 2. The number of aromatic nitrogens is 1. The van der Waals surface area contributed by atoms with Crippen molar-refractivity contribution in [1.29, 1.82) is 0 Å². The van der Waals surface area contributed by atoms with Crippen LogP contribution in [0.5, 0.6) is 0 Å². The molecule has 1 saturated heterocycles. The molecule has 1 aromatic heterocycles. The molecule has 0 spiro atoms. The summed E-state index contributed by atoms with van der Waals surface area (Å²) in [6.45, 7) is 25.7. The second-order valence-electron chi connectivity index (χ2n) is 15.5. The summed E-state index contributed by atoms with van der Waals surface area (Å²) in [5.74, 6) is -1.06. The Morgan fingerprint density at radius 1 is 1.24 bits per heavy atom. The second-order valence-corrected chi connectivity index (χ2v) is 20.7. The maximum absolute atomic E-state index is 13.8. The Hall–Kier alpha value is -1.35. The highest BCUT2D eigenvalue weighted by molar-refractivity contribution is 6.74. The van der Waals surface area contributed by atoms with Crippen LogP contribution in [0.25, 0.3) is 6.08 Å². The molecule has 8 heteroatoms. The van der Waals surface area contributed by atoms with E-state index in [9.17, 15) is 9.90 Å². The summed E-state index contributed by atoms with van der Waals surface area (Å²) in [7, 11) is -2.07. The maximum atomic E-state index is 13.8. The Labute approximate surface area is 280 Å². The number of Topliss-reactive ketones (excluding diaryl/α,β-unsaturated/α-hetero) is 1. The standard InChI is InChI=1S/C37H62ClNO5Si/c1-13-29(34(41)36(7,8)32-22-24-42-37(9,10)43-32)33(40)27(3)18-16-17-26(2)20-21-31(44-45(11,12)35(4,5)6)30(38)25-28-19-14-15-23-39-28/h14-15,19-20,23,25,27,29,31-33,40H,13,16-18,21-22,24H2,1-12H3/b26-20+,30-25-/t27-,29?,31-,32-,33+/m0/s1. The van der Waals surface area contributed by atoms with Gasteiger partial charge in [-0.1, -0.05) is 77.8 Å². The molecule has 0 radical (unpaired) electrons. The normalized spacial score (nSPS) is 21.2. The number of allylic oxidation sites excluding steroid dienone is 1. The topological polar surface area (TPSA) is 77.9 Å². The number of ketones is 1. The molecule has 1 fully saturated rings. The number of aliphatic hydroxyl groups is 1. The number of nitrogens with zero attached hydrogens (tertiary/aromatic N) is 1. The zero-order valence-electron chi connectivity index (χ0n) is 30.2. The van der Waals surface area contributed by atoms with E-state index >= 15 is 0 Å². The lowest BCUT2D eigenvalue weighted by Gasteiger charge is -2.44. The zero-order chi connectivity index (χ0) is 34.2. The SMILES string of the molecule is CCC(C(=O)C(C)(C)[C@@H]1CCOC(C)(C)O1)[C@H](O)[C@@H](C)CCC/C(C)=C/C[C@H](O[Si](C)(C)C(C)(C)C)/C(Cl)=C/c1ccccn1. The van der Waals surface area contributed by atoms with Crippen molar-refractivity contribution in [2.45, 2.75) is 150 Å². The quantitative estimate of drug-likeness (QED) is 0.140. The number of aliphatic hydroxyl groups excluding tert-OH is 1. The fraction of sp³-hybridized carbons (Fsp3) is 0.730. The summed E-state index contributed by atoms with van der Waals surface area (Å²) in [4.78, 5) is 18.2. The Morgan fingerprint density at radius 3 is 2.47 bits per heavy atom. The largest absolute Gasteiger partial charge is 0.409 e. The van der Waals surface area contributed by atoms with E-state index in [-0.39, 0.29) is 28.9 Å². The number of carbonyl (C=O) groups is 1. The van der Waals surface area contributed by atoms with Crippen molar-refractivity contribution >= 4 is 31.8 Å². The van der Waals surface area contributed by atoms with Crippen molar-refractivity contribution in [2.75, 3.05) is 6.61 Å². The third kappa shape index (κ3) is 11.7.